The molecular formula is C11H18O2. The van der Waals surface area contributed by atoms with Gasteiger partial charge in [-0.2, -0.15) is 0 Å². The Morgan fingerprint density at radius 1 is 1.69 bits per heavy atom. The second kappa shape index (κ2) is 3.95. The first-order chi connectivity index (χ1) is 6.12. The molecule has 1 heterocycles. The lowest BCUT2D eigenvalue weighted by Crippen LogP contribution is -2.38. The molecule has 0 aliphatic carbocycles. The molecule has 0 aromatic rings. The Labute approximate surface area is 80.0 Å². The Morgan fingerprint density at radius 2 is 2.38 bits per heavy atom. The van der Waals surface area contributed by atoms with Crippen molar-refractivity contribution in [3.63, 3.8) is 0 Å². The van der Waals surface area contributed by atoms with Crippen molar-refractivity contribution in [3.8, 4) is 0 Å². The van der Waals surface area contributed by atoms with Crippen LogP contribution in [0.4, 0.5) is 0 Å². The zero-order chi connectivity index (χ0) is 9.90. The van der Waals surface area contributed by atoms with Crippen molar-refractivity contribution in [2.24, 2.45) is 11.3 Å². The summed E-state index contributed by atoms with van der Waals surface area (Å²) in [7, 11) is 0. The predicted molar refractivity (Wildman–Crippen MR) is 52.3 cm³/mol. The second-order valence-corrected chi connectivity index (χ2v) is 3.98. The number of hydrogen-bond acceptors (Lipinski definition) is 2. The van der Waals surface area contributed by atoms with Gasteiger partial charge in [0, 0.05) is 11.8 Å². The highest BCUT2D eigenvalue weighted by molar-refractivity contribution is 5.70. The first-order valence-corrected chi connectivity index (χ1v) is 4.92. The van der Waals surface area contributed by atoms with E-state index in [4.69, 9.17) is 4.74 Å². The van der Waals surface area contributed by atoms with Crippen LogP contribution in [0.1, 0.15) is 33.6 Å². The van der Waals surface area contributed by atoms with Crippen LogP contribution in [0.25, 0.3) is 0 Å². The fraction of sp³-hybridized carbons (Fsp3) is 0.727. The molecule has 1 aliphatic rings. The molecule has 0 aromatic heterocycles. The van der Waals surface area contributed by atoms with Crippen molar-refractivity contribution < 1.29 is 9.53 Å². The minimum Gasteiger partial charge on any atom is -0.465 e. The predicted octanol–water partition coefficient (Wildman–Crippen LogP) is 2.54. The minimum absolute atomic E-state index is 0.0474. The van der Waals surface area contributed by atoms with Gasteiger partial charge >= 0.3 is 5.97 Å². The number of hydrogen-bond donors (Lipinski definition) is 0. The summed E-state index contributed by atoms with van der Waals surface area (Å²) in [5.74, 6) is 0.388. The Bertz CT molecular complexity index is 220. The van der Waals surface area contributed by atoms with Crippen LogP contribution in [0.3, 0.4) is 0 Å². The topological polar surface area (TPSA) is 26.3 Å². The zero-order valence-electron chi connectivity index (χ0n) is 8.67. The van der Waals surface area contributed by atoms with E-state index in [2.05, 4.69) is 19.9 Å². The fourth-order valence-electron chi connectivity index (χ4n) is 2.02. The molecule has 1 rings (SSSR count). The molecule has 1 aliphatic heterocycles. The normalized spacial score (nSPS) is 35.0. The molecule has 0 radical (unpaired) electrons. The largest absolute Gasteiger partial charge is 0.465 e. The smallest absolute Gasteiger partial charge is 0.306 e. The molecule has 2 nitrogen and oxygen atoms in total. The Kier molecular flexibility index (Phi) is 3.12. The Hall–Kier alpha value is -0.790. The summed E-state index contributed by atoms with van der Waals surface area (Å²) in [5.41, 5.74) is 0.0530. The summed E-state index contributed by atoms with van der Waals surface area (Å²) in [5, 5.41) is 0. The van der Waals surface area contributed by atoms with Crippen molar-refractivity contribution in [3.05, 3.63) is 12.2 Å². The van der Waals surface area contributed by atoms with Crippen molar-refractivity contribution in [1.29, 1.82) is 0 Å². The SMILES string of the molecule is CC=CC1(C)COC(=O)CC1CC. The lowest BCUT2D eigenvalue weighted by atomic mass is 9.73. The summed E-state index contributed by atoms with van der Waals surface area (Å²) in [6.07, 6.45) is 5.81. The highest BCUT2D eigenvalue weighted by Crippen LogP contribution is 2.37. The van der Waals surface area contributed by atoms with E-state index in [9.17, 15) is 4.79 Å². The van der Waals surface area contributed by atoms with Gasteiger partial charge in [-0.25, -0.2) is 0 Å². The molecule has 13 heavy (non-hydrogen) atoms. The third-order valence-electron chi connectivity index (χ3n) is 2.93. The number of carbonyl (C=O) groups excluding carboxylic acids is 1. The molecule has 0 aromatic carbocycles. The monoisotopic (exact) mass is 182 g/mol. The highest BCUT2D eigenvalue weighted by Gasteiger charge is 2.37. The van der Waals surface area contributed by atoms with E-state index in [1.807, 2.05) is 13.0 Å². The molecule has 0 saturated carbocycles. The average Bonchev–Trinajstić information content (AvgIpc) is 2.10. The standard InChI is InChI=1S/C11H18O2/c1-4-6-11(3)8-13-10(12)7-9(11)5-2/h4,6,9H,5,7-8H2,1-3H3. The van der Waals surface area contributed by atoms with Crippen molar-refractivity contribution in [1.82, 2.24) is 0 Å². The molecule has 0 amide bonds. The van der Waals surface area contributed by atoms with E-state index in [0.717, 1.165) is 6.42 Å². The average molecular weight is 182 g/mol. The summed E-state index contributed by atoms with van der Waals surface area (Å²) >= 11 is 0. The van der Waals surface area contributed by atoms with E-state index in [1.54, 1.807) is 0 Å². The van der Waals surface area contributed by atoms with Gasteiger partial charge in [0.15, 0.2) is 0 Å². The van der Waals surface area contributed by atoms with Crippen LogP contribution in [-0.4, -0.2) is 12.6 Å². The van der Waals surface area contributed by atoms with Gasteiger partial charge < -0.3 is 4.74 Å². The van der Waals surface area contributed by atoms with E-state index in [-0.39, 0.29) is 11.4 Å². The van der Waals surface area contributed by atoms with Crippen LogP contribution in [0.5, 0.6) is 0 Å². The van der Waals surface area contributed by atoms with E-state index < -0.39 is 0 Å². The third-order valence-corrected chi connectivity index (χ3v) is 2.93. The Balaban J connectivity index is 2.77. The summed E-state index contributed by atoms with van der Waals surface area (Å²) in [4.78, 5) is 11.1. The van der Waals surface area contributed by atoms with Crippen molar-refractivity contribution >= 4 is 5.97 Å². The van der Waals surface area contributed by atoms with Crippen LogP contribution in [0.2, 0.25) is 0 Å². The molecule has 74 valence electrons. The van der Waals surface area contributed by atoms with Gasteiger partial charge in [-0.15, -0.1) is 0 Å². The molecular weight excluding hydrogens is 164 g/mol. The number of ether oxygens (including phenoxy) is 1. The molecule has 2 heteroatoms. The number of cyclic esters (lactones) is 1. The van der Waals surface area contributed by atoms with E-state index in [0.29, 0.717) is 18.9 Å². The van der Waals surface area contributed by atoms with E-state index in [1.165, 1.54) is 0 Å². The first kappa shape index (κ1) is 10.3. The molecule has 1 fully saturated rings. The molecule has 0 bridgehead atoms. The lowest BCUT2D eigenvalue weighted by molar-refractivity contribution is -0.156. The molecule has 0 N–H and O–H groups in total. The fourth-order valence-corrected chi connectivity index (χ4v) is 2.02. The van der Waals surface area contributed by atoms with Gasteiger partial charge in [0.05, 0.1) is 0 Å². The number of esters is 1. The van der Waals surface area contributed by atoms with Crippen LogP contribution < -0.4 is 0 Å². The number of rotatable bonds is 2. The first-order valence-electron chi connectivity index (χ1n) is 4.92. The van der Waals surface area contributed by atoms with Crippen LogP contribution >= 0.6 is 0 Å². The van der Waals surface area contributed by atoms with Crippen LogP contribution in [0.15, 0.2) is 12.2 Å². The number of allylic oxidation sites excluding steroid dienone is 1. The summed E-state index contributed by atoms with van der Waals surface area (Å²) < 4.78 is 5.09. The molecule has 0 spiro atoms. The number of carbonyl (C=O) groups is 1. The van der Waals surface area contributed by atoms with Gasteiger partial charge in [0.25, 0.3) is 0 Å². The maximum absolute atomic E-state index is 11.1. The minimum atomic E-state index is -0.0474. The van der Waals surface area contributed by atoms with E-state index >= 15 is 0 Å². The second-order valence-electron chi connectivity index (χ2n) is 3.98. The summed E-state index contributed by atoms with van der Waals surface area (Å²) in [6, 6.07) is 0. The van der Waals surface area contributed by atoms with Gasteiger partial charge in [-0.1, -0.05) is 32.4 Å². The van der Waals surface area contributed by atoms with Crippen molar-refractivity contribution in [2.75, 3.05) is 6.61 Å². The summed E-state index contributed by atoms with van der Waals surface area (Å²) in [6.45, 7) is 6.84. The highest BCUT2D eigenvalue weighted by atomic mass is 16.5. The van der Waals surface area contributed by atoms with Crippen LogP contribution in [0, 0.1) is 11.3 Å². The molecule has 1 saturated heterocycles. The van der Waals surface area contributed by atoms with Crippen LogP contribution in [-0.2, 0) is 9.53 Å². The van der Waals surface area contributed by atoms with Gasteiger partial charge in [-0.3, -0.25) is 4.79 Å². The zero-order valence-corrected chi connectivity index (χ0v) is 8.67. The van der Waals surface area contributed by atoms with Gasteiger partial charge in [-0.05, 0) is 12.8 Å². The lowest BCUT2D eigenvalue weighted by Gasteiger charge is -2.37. The van der Waals surface area contributed by atoms with Gasteiger partial charge in [0.1, 0.15) is 6.61 Å². The quantitative estimate of drug-likeness (QED) is 0.484. The maximum Gasteiger partial charge on any atom is 0.306 e. The van der Waals surface area contributed by atoms with Crippen molar-refractivity contribution in [2.45, 2.75) is 33.6 Å². The van der Waals surface area contributed by atoms with Gasteiger partial charge in [0.2, 0.25) is 0 Å². The molecule has 2 atom stereocenters. The molecule has 2 unspecified atom stereocenters. The maximum atomic E-state index is 11.1. The third kappa shape index (κ3) is 2.11. The Morgan fingerprint density at radius 3 is 2.92 bits per heavy atom.